The van der Waals surface area contributed by atoms with E-state index in [1.165, 1.54) is 16.8 Å². The lowest BCUT2D eigenvalue weighted by atomic mass is 10.0. The fourth-order valence-electron chi connectivity index (χ4n) is 3.91. The van der Waals surface area contributed by atoms with Gasteiger partial charge in [-0.2, -0.15) is 0 Å². The Hall–Kier alpha value is -2.33. The van der Waals surface area contributed by atoms with Gasteiger partial charge in [0.2, 0.25) is 0 Å². The van der Waals surface area contributed by atoms with Crippen LogP contribution in [0.25, 0.3) is 0 Å². The predicted molar refractivity (Wildman–Crippen MR) is 116 cm³/mol. The van der Waals surface area contributed by atoms with E-state index in [1.807, 2.05) is 24.3 Å². The molecule has 3 rings (SSSR count). The zero-order valence-corrected chi connectivity index (χ0v) is 17.2. The van der Waals surface area contributed by atoms with Crippen LogP contribution in [0.5, 0.6) is 5.75 Å². The summed E-state index contributed by atoms with van der Waals surface area (Å²) in [6.07, 6.45) is 4.59. The number of rotatable bonds is 11. The van der Waals surface area contributed by atoms with Crippen LogP contribution < -0.4 is 15.0 Å². The first-order valence-electron chi connectivity index (χ1n) is 10.5. The molecule has 1 aliphatic heterocycles. The second-order valence-corrected chi connectivity index (χ2v) is 7.37. The summed E-state index contributed by atoms with van der Waals surface area (Å²) in [6.45, 7) is 6.15. The maximum atomic E-state index is 12.5. The van der Waals surface area contributed by atoms with Crippen LogP contribution in [-0.2, 0) is 12.8 Å². The molecule has 4 nitrogen and oxygen atoms in total. The van der Waals surface area contributed by atoms with Gasteiger partial charge in [-0.15, -0.1) is 0 Å². The van der Waals surface area contributed by atoms with Crippen LogP contribution in [0, 0.1) is 0 Å². The minimum atomic E-state index is 0.270. The smallest absolute Gasteiger partial charge is 0.162 e. The van der Waals surface area contributed by atoms with E-state index in [4.69, 9.17) is 4.74 Å². The Morgan fingerprint density at radius 3 is 2.82 bits per heavy atom. The van der Waals surface area contributed by atoms with E-state index in [2.05, 4.69) is 35.3 Å². The number of carbonyl (C=O) groups excluding carboxylic acids is 1. The number of likely N-dealkylation sites (N-methyl/N-ethyl adjacent to an activating group) is 1. The standard InChI is InChI=1S/C24H32N2O2/c1-3-26-17-14-20-18-21(11-12-22(20)26)23(27)9-6-7-15-25-16-13-19-8-4-5-10-24(19)28-2/h4-5,8,10-12,18,25H,3,6-7,9,13-17H2,1-2H3. The molecule has 0 radical (unpaired) electrons. The molecule has 0 aromatic heterocycles. The number of ketones is 1. The Bertz CT molecular complexity index is 788. The first kappa shape index (κ1) is 20.4. The molecule has 1 N–H and O–H groups in total. The molecule has 2 aromatic rings. The Balaban J connectivity index is 1.34. The summed E-state index contributed by atoms with van der Waals surface area (Å²) in [6, 6.07) is 14.4. The first-order valence-corrected chi connectivity index (χ1v) is 10.5. The molecule has 0 atom stereocenters. The maximum Gasteiger partial charge on any atom is 0.162 e. The molecule has 0 bridgehead atoms. The zero-order chi connectivity index (χ0) is 19.8. The lowest BCUT2D eigenvalue weighted by Gasteiger charge is -2.16. The van der Waals surface area contributed by atoms with Crippen molar-refractivity contribution in [3.05, 3.63) is 59.2 Å². The highest BCUT2D eigenvalue weighted by Gasteiger charge is 2.18. The average molecular weight is 381 g/mol. The third-order valence-corrected chi connectivity index (χ3v) is 5.55. The molecule has 0 fully saturated rings. The molecular weight excluding hydrogens is 348 g/mol. The molecule has 28 heavy (non-hydrogen) atoms. The SMILES string of the molecule is CCN1CCc2cc(C(=O)CCCCNCCc3ccccc3OC)ccc21. The van der Waals surface area contributed by atoms with E-state index in [1.54, 1.807) is 7.11 Å². The van der Waals surface area contributed by atoms with Crippen molar-refractivity contribution in [1.82, 2.24) is 5.32 Å². The van der Waals surface area contributed by atoms with E-state index in [0.29, 0.717) is 6.42 Å². The van der Waals surface area contributed by atoms with Gasteiger partial charge in [-0.25, -0.2) is 0 Å². The Kier molecular flexibility index (Phi) is 7.49. The lowest BCUT2D eigenvalue weighted by molar-refractivity contribution is 0.0979. The number of methoxy groups -OCH3 is 1. The summed E-state index contributed by atoms with van der Waals surface area (Å²) < 4.78 is 5.38. The van der Waals surface area contributed by atoms with Crippen molar-refractivity contribution in [1.29, 1.82) is 0 Å². The Morgan fingerprint density at radius 2 is 2.00 bits per heavy atom. The minimum Gasteiger partial charge on any atom is -0.496 e. The number of para-hydroxylation sites is 1. The molecule has 1 aliphatic rings. The molecule has 0 unspecified atom stereocenters. The number of hydrogen-bond donors (Lipinski definition) is 1. The highest BCUT2D eigenvalue weighted by Crippen LogP contribution is 2.29. The molecule has 4 heteroatoms. The lowest BCUT2D eigenvalue weighted by Crippen LogP contribution is -2.19. The van der Waals surface area contributed by atoms with Crippen LogP contribution in [0.2, 0.25) is 0 Å². The van der Waals surface area contributed by atoms with Crippen molar-refractivity contribution in [2.75, 3.05) is 38.2 Å². The van der Waals surface area contributed by atoms with Crippen molar-refractivity contribution in [2.45, 2.75) is 39.0 Å². The summed E-state index contributed by atoms with van der Waals surface area (Å²) in [5.41, 5.74) is 4.73. The Morgan fingerprint density at radius 1 is 1.14 bits per heavy atom. The van der Waals surface area contributed by atoms with E-state index in [-0.39, 0.29) is 5.78 Å². The van der Waals surface area contributed by atoms with Crippen molar-refractivity contribution in [3.8, 4) is 5.75 Å². The summed E-state index contributed by atoms with van der Waals surface area (Å²) >= 11 is 0. The van der Waals surface area contributed by atoms with Gasteiger partial charge in [0.25, 0.3) is 0 Å². The number of hydrogen-bond acceptors (Lipinski definition) is 4. The number of anilines is 1. The highest BCUT2D eigenvalue weighted by molar-refractivity contribution is 5.96. The predicted octanol–water partition coefficient (Wildman–Crippen LogP) is 4.26. The van der Waals surface area contributed by atoms with Crippen molar-refractivity contribution >= 4 is 11.5 Å². The van der Waals surface area contributed by atoms with Crippen LogP contribution in [0.15, 0.2) is 42.5 Å². The number of nitrogens with zero attached hydrogens (tertiary/aromatic N) is 1. The van der Waals surface area contributed by atoms with Gasteiger partial charge in [-0.1, -0.05) is 18.2 Å². The summed E-state index contributed by atoms with van der Waals surface area (Å²) in [4.78, 5) is 14.9. The molecule has 0 aliphatic carbocycles. The molecule has 1 heterocycles. The molecule has 2 aromatic carbocycles. The molecule has 0 saturated carbocycles. The van der Waals surface area contributed by atoms with E-state index in [9.17, 15) is 4.79 Å². The summed E-state index contributed by atoms with van der Waals surface area (Å²) in [7, 11) is 1.71. The van der Waals surface area contributed by atoms with Crippen molar-refractivity contribution < 1.29 is 9.53 Å². The maximum absolute atomic E-state index is 12.5. The van der Waals surface area contributed by atoms with Gasteiger partial charge in [0.1, 0.15) is 5.75 Å². The normalized spacial score (nSPS) is 12.9. The zero-order valence-electron chi connectivity index (χ0n) is 17.2. The van der Waals surface area contributed by atoms with Gasteiger partial charge in [0, 0.05) is 30.8 Å². The first-order chi connectivity index (χ1) is 13.7. The minimum absolute atomic E-state index is 0.270. The van der Waals surface area contributed by atoms with Gasteiger partial charge in [0.15, 0.2) is 5.78 Å². The van der Waals surface area contributed by atoms with Gasteiger partial charge in [-0.05, 0) is 81.1 Å². The topological polar surface area (TPSA) is 41.6 Å². The third-order valence-electron chi connectivity index (χ3n) is 5.55. The number of Topliss-reactive ketones (excluding diaryl/α,β-unsaturated/α-hetero) is 1. The van der Waals surface area contributed by atoms with E-state index in [0.717, 1.165) is 63.2 Å². The van der Waals surface area contributed by atoms with Crippen LogP contribution >= 0.6 is 0 Å². The van der Waals surface area contributed by atoms with E-state index >= 15 is 0 Å². The largest absolute Gasteiger partial charge is 0.496 e. The van der Waals surface area contributed by atoms with E-state index < -0.39 is 0 Å². The monoisotopic (exact) mass is 380 g/mol. The molecule has 150 valence electrons. The summed E-state index contributed by atoms with van der Waals surface area (Å²) in [5.74, 6) is 1.22. The fraction of sp³-hybridized carbons (Fsp3) is 0.458. The quantitative estimate of drug-likeness (QED) is 0.467. The summed E-state index contributed by atoms with van der Waals surface area (Å²) in [5, 5.41) is 3.47. The number of fused-ring (bicyclic) bond motifs is 1. The second-order valence-electron chi connectivity index (χ2n) is 7.37. The van der Waals surface area contributed by atoms with Gasteiger partial charge < -0.3 is 15.0 Å². The van der Waals surface area contributed by atoms with Crippen LogP contribution in [0.4, 0.5) is 5.69 Å². The number of ether oxygens (including phenoxy) is 1. The highest BCUT2D eigenvalue weighted by atomic mass is 16.5. The molecule has 0 amide bonds. The molecule has 0 saturated heterocycles. The van der Waals surface area contributed by atoms with Gasteiger partial charge in [-0.3, -0.25) is 4.79 Å². The van der Waals surface area contributed by atoms with Gasteiger partial charge in [0.05, 0.1) is 7.11 Å². The van der Waals surface area contributed by atoms with Crippen LogP contribution in [-0.4, -0.2) is 39.1 Å². The number of nitrogens with one attached hydrogen (secondary N) is 1. The van der Waals surface area contributed by atoms with Crippen LogP contribution in [0.1, 0.15) is 47.7 Å². The molecular formula is C24H32N2O2. The number of carbonyl (C=O) groups is 1. The van der Waals surface area contributed by atoms with Crippen molar-refractivity contribution in [2.24, 2.45) is 0 Å². The fourth-order valence-corrected chi connectivity index (χ4v) is 3.91. The Labute approximate surface area is 168 Å². The van der Waals surface area contributed by atoms with Gasteiger partial charge >= 0.3 is 0 Å². The van der Waals surface area contributed by atoms with Crippen molar-refractivity contribution in [3.63, 3.8) is 0 Å². The third kappa shape index (κ3) is 5.14. The average Bonchev–Trinajstić information content (AvgIpc) is 3.15. The number of benzene rings is 2. The molecule has 0 spiro atoms. The van der Waals surface area contributed by atoms with Crippen LogP contribution in [0.3, 0.4) is 0 Å². The number of unbranched alkanes of at least 4 members (excludes halogenated alkanes) is 1. The second kappa shape index (κ2) is 10.3.